The van der Waals surface area contributed by atoms with E-state index in [9.17, 15) is 5.11 Å². The van der Waals surface area contributed by atoms with E-state index in [1.807, 2.05) is 7.05 Å². The highest BCUT2D eigenvalue weighted by atomic mass is 79.9. The van der Waals surface area contributed by atoms with E-state index in [0.717, 1.165) is 23.2 Å². The second kappa shape index (κ2) is 6.70. The van der Waals surface area contributed by atoms with Crippen molar-refractivity contribution in [2.75, 3.05) is 38.3 Å². The normalized spacial score (nSPS) is 21.5. The molecule has 1 saturated heterocycles. The highest BCUT2D eigenvalue weighted by Crippen LogP contribution is 2.30. The number of benzene rings is 1. The van der Waals surface area contributed by atoms with Gasteiger partial charge in [-0.05, 0) is 47.6 Å². The van der Waals surface area contributed by atoms with Crippen LogP contribution in [0.2, 0.25) is 0 Å². The molecule has 0 amide bonds. The summed E-state index contributed by atoms with van der Waals surface area (Å²) in [5, 5.41) is 12.4. The molecular weight excluding hydrogens is 308 g/mol. The summed E-state index contributed by atoms with van der Waals surface area (Å²) in [5.41, 5.74) is 2.42. The van der Waals surface area contributed by atoms with Crippen LogP contribution in [-0.4, -0.2) is 44.6 Å². The second-order valence-electron chi connectivity index (χ2n) is 4.84. The third kappa shape index (κ3) is 3.48. The Morgan fingerprint density at radius 1 is 1.58 bits per heavy atom. The molecule has 1 aromatic rings. The van der Waals surface area contributed by atoms with Crippen LogP contribution in [-0.2, 0) is 4.74 Å². The second-order valence-corrected chi connectivity index (χ2v) is 5.70. The molecule has 2 N–H and O–H groups in total. The summed E-state index contributed by atoms with van der Waals surface area (Å²) in [7, 11) is 1.96. The molecule has 0 aromatic heterocycles. The lowest BCUT2D eigenvalue weighted by Crippen LogP contribution is -2.44. The van der Waals surface area contributed by atoms with Gasteiger partial charge in [0.25, 0.3) is 0 Å². The number of nitrogens with zero attached hydrogens (tertiary/aromatic N) is 1. The van der Waals surface area contributed by atoms with Crippen LogP contribution in [0.1, 0.15) is 18.5 Å². The number of ether oxygens (including phenoxy) is 1. The number of anilines is 1. The Bertz CT molecular complexity index is 428. The molecule has 1 aliphatic heterocycles. The Labute approximate surface area is 122 Å². The van der Waals surface area contributed by atoms with Gasteiger partial charge in [-0.1, -0.05) is 6.07 Å². The first-order valence-corrected chi connectivity index (χ1v) is 7.39. The summed E-state index contributed by atoms with van der Waals surface area (Å²) in [4.78, 5) is 2.25. The van der Waals surface area contributed by atoms with Gasteiger partial charge < -0.3 is 20.1 Å². The minimum atomic E-state index is -0.0865. The van der Waals surface area contributed by atoms with E-state index in [0.29, 0.717) is 12.6 Å². The fourth-order valence-electron chi connectivity index (χ4n) is 2.26. The van der Waals surface area contributed by atoms with Crippen LogP contribution in [0.3, 0.4) is 0 Å². The van der Waals surface area contributed by atoms with Gasteiger partial charge in [-0.25, -0.2) is 0 Å². The fourth-order valence-corrected chi connectivity index (χ4v) is 2.91. The molecule has 0 saturated carbocycles. The monoisotopic (exact) mass is 328 g/mol. The Morgan fingerprint density at radius 3 is 3.00 bits per heavy atom. The summed E-state index contributed by atoms with van der Waals surface area (Å²) < 4.78 is 6.57. The zero-order valence-corrected chi connectivity index (χ0v) is 13.0. The molecular formula is C14H21BrN2O2. The molecule has 2 atom stereocenters. The van der Waals surface area contributed by atoms with Gasteiger partial charge >= 0.3 is 0 Å². The minimum Gasteiger partial charge on any atom is -0.394 e. The lowest BCUT2D eigenvalue weighted by molar-refractivity contribution is 0.00353. The predicted octanol–water partition coefficient (Wildman–Crippen LogP) is 1.93. The number of halogens is 1. The molecule has 1 aliphatic rings. The molecule has 106 valence electrons. The zero-order chi connectivity index (χ0) is 13.8. The molecule has 2 unspecified atom stereocenters. The van der Waals surface area contributed by atoms with Gasteiger partial charge in [0, 0.05) is 23.6 Å². The van der Waals surface area contributed by atoms with E-state index in [4.69, 9.17) is 4.74 Å². The van der Waals surface area contributed by atoms with Crippen LogP contribution >= 0.6 is 15.9 Å². The van der Waals surface area contributed by atoms with E-state index >= 15 is 0 Å². The van der Waals surface area contributed by atoms with Gasteiger partial charge in [0.15, 0.2) is 0 Å². The number of hydrogen-bond donors (Lipinski definition) is 2. The molecule has 4 nitrogen and oxygen atoms in total. The summed E-state index contributed by atoms with van der Waals surface area (Å²) in [6, 6.07) is 6.76. The predicted molar refractivity (Wildman–Crippen MR) is 80.7 cm³/mol. The molecule has 0 spiro atoms. The first kappa shape index (κ1) is 14.8. The first-order valence-electron chi connectivity index (χ1n) is 6.59. The maximum atomic E-state index is 9.20. The van der Waals surface area contributed by atoms with Gasteiger partial charge in [-0.15, -0.1) is 0 Å². The highest BCUT2D eigenvalue weighted by molar-refractivity contribution is 9.10. The van der Waals surface area contributed by atoms with Crippen molar-refractivity contribution in [3.63, 3.8) is 0 Å². The number of morpholine rings is 1. The van der Waals surface area contributed by atoms with Crippen LogP contribution in [0.15, 0.2) is 22.7 Å². The van der Waals surface area contributed by atoms with Gasteiger partial charge in [-0.3, -0.25) is 0 Å². The van der Waals surface area contributed by atoms with Crippen molar-refractivity contribution < 1.29 is 9.84 Å². The van der Waals surface area contributed by atoms with Crippen LogP contribution < -0.4 is 10.2 Å². The van der Waals surface area contributed by atoms with Crippen LogP contribution in [0.25, 0.3) is 0 Å². The molecule has 0 radical (unpaired) electrons. The zero-order valence-electron chi connectivity index (χ0n) is 11.4. The Balaban J connectivity index is 2.16. The molecule has 0 aliphatic carbocycles. The quantitative estimate of drug-likeness (QED) is 0.886. The lowest BCUT2D eigenvalue weighted by Gasteiger charge is -2.34. The molecule has 1 aromatic carbocycles. The molecule has 0 bridgehead atoms. The minimum absolute atomic E-state index is 0.0724. The molecule has 2 rings (SSSR count). The Morgan fingerprint density at radius 2 is 2.37 bits per heavy atom. The highest BCUT2D eigenvalue weighted by Gasteiger charge is 2.21. The smallest absolute Gasteiger partial charge is 0.0980 e. The lowest BCUT2D eigenvalue weighted by atomic mass is 10.1. The fraction of sp³-hybridized carbons (Fsp3) is 0.571. The SMILES string of the molecule is CNC(C)c1ccc(N2CCOC(CO)C2)c(Br)c1. The van der Waals surface area contributed by atoms with E-state index in [2.05, 4.69) is 51.3 Å². The van der Waals surface area contributed by atoms with E-state index in [1.165, 1.54) is 5.56 Å². The summed E-state index contributed by atoms with van der Waals surface area (Å²) in [6.45, 7) is 4.46. The third-order valence-corrected chi connectivity index (χ3v) is 4.22. The van der Waals surface area contributed by atoms with Crippen molar-refractivity contribution in [1.82, 2.24) is 5.32 Å². The van der Waals surface area contributed by atoms with Crippen molar-refractivity contribution in [3.8, 4) is 0 Å². The van der Waals surface area contributed by atoms with E-state index in [1.54, 1.807) is 0 Å². The maximum absolute atomic E-state index is 9.20. The number of aliphatic hydroxyl groups excluding tert-OH is 1. The average Bonchev–Trinajstić information content (AvgIpc) is 2.46. The molecule has 1 fully saturated rings. The standard InChI is InChI=1S/C14H21BrN2O2/c1-10(16-2)11-3-4-14(13(15)7-11)17-5-6-19-12(8-17)9-18/h3-4,7,10,12,16,18H,5-6,8-9H2,1-2H3. The molecule has 19 heavy (non-hydrogen) atoms. The number of hydrogen-bond acceptors (Lipinski definition) is 4. The van der Waals surface area contributed by atoms with Gasteiger partial charge in [-0.2, -0.15) is 0 Å². The van der Waals surface area contributed by atoms with E-state index in [-0.39, 0.29) is 12.7 Å². The van der Waals surface area contributed by atoms with E-state index < -0.39 is 0 Å². The van der Waals surface area contributed by atoms with Gasteiger partial charge in [0.05, 0.1) is 25.0 Å². The summed E-state index contributed by atoms with van der Waals surface area (Å²) in [6.07, 6.45) is -0.0865. The van der Waals surface area contributed by atoms with Crippen molar-refractivity contribution in [3.05, 3.63) is 28.2 Å². The van der Waals surface area contributed by atoms with Crippen molar-refractivity contribution >= 4 is 21.6 Å². The van der Waals surface area contributed by atoms with Crippen molar-refractivity contribution in [2.45, 2.75) is 19.1 Å². The third-order valence-electron chi connectivity index (χ3n) is 3.59. The number of nitrogens with one attached hydrogen (secondary N) is 1. The Kier molecular flexibility index (Phi) is 5.21. The van der Waals surface area contributed by atoms with Crippen LogP contribution in [0.4, 0.5) is 5.69 Å². The first-order chi connectivity index (χ1) is 9.15. The largest absolute Gasteiger partial charge is 0.394 e. The van der Waals surface area contributed by atoms with Crippen LogP contribution in [0, 0.1) is 0 Å². The summed E-state index contributed by atoms with van der Waals surface area (Å²) in [5.74, 6) is 0. The number of rotatable bonds is 4. The van der Waals surface area contributed by atoms with Crippen LogP contribution in [0.5, 0.6) is 0 Å². The molecule has 1 heterocycles. The van der Waals surface area contributed by atoms with Crippen molar-refractivity contribution in [1.29, 1.82) is 0 Å². The molecule has 5 heteroatoms. The topological polar surface area (TPSA) is 44.7 Å². The van der Waals surface area contributed by atoms with Gasteiger partial charge in [0.2, 0.25) is 0 Å². The number of aliphatic hydroxyl groups is 1. The van der Waals surface area contributed by atoms with Crippen molar-refractivity contribution in [2.24, 2.45) is 0 Å². The average molecular weight is 329 g/mol. The maximum Gasteiger partial charge on any atom is 0.0980 e. The summed E-state index contributed by atoms with van der Waals surface area (Å²) >= 11 is 3.65. The Hall–Kier alpha value is -0.620. The van der Waals surface area contributed by atoms with Gasteiger partial charge in [0.1, 0.15) is 0 Å².